The molecule has 1 aromatic rings. The van der Waals surface area contributed by atoms with Gasteiger partial charge in [0.05, 0.1) is 6.54 Å². The van der Waals surface area contributed by atoms with Gasteiger partial charge in [-0.25, -0.2) is 4.98 Å². The summed E-state index contributed by atoms with van der Waals surface area (Å²) in [7, 11) is 3.62. The van der Waals surface area contributed by atoms with Crippen LogP contribution in [0.3, 0.4) is 0 Å². The molecular weight excluding hydrogens is 383 g/mol. The first kappa shape index (κ1) is 20.1. The summed E-state index contributed by atoms with van der Waals surface area (Å²) in [6, 6.07) is 0. The molecule has 0 atom stereocenters. The van der Waals surface area contributed by atoms with Crippen molar-refractivity contribution in [1.29, 1.82) is 0 Å². The van der Waals surface area contributed by atoms with Gasteiger partial charge in [0.25, 0.3) is 0 Å². The fourth-order valence-electron chi connectivity index (χ4n) is 1.59. The van der Waals surface area contributed by atoms with Crippen molar-refractivity contribution in [3.05, 3.63) is 12.2 Å². The molecule has 0 aliphatic carbocycles. The van der Waals surface area contributed by atoms with Gasteiger partial charge in [-0.1, -0.05) is 13.3 Å². The molecule has 0 aliphatic rings. The summed E-state index contributed by atoms with van der Waals surface area (Å²) in [5.74, 6) is 1.64. The van der Waals surface area contributed by atoms with Crippen molar-refractivity contribution in [2.24, 2.45) is 12.0 Å². The molecule has 21 heavy (non-hydrogen) atoms. The summed E-state index contributed by atoms with van der Waals surface area (Å²) in [6.45, 7) is 5.24. The van der Waals surface area contributed by atoms with E-state index in [4.69, 9.17) is 4.74 Å². The summed E-state index contributed by atoms with van der Waals surface area (Å²) >= 11 is 0. The van der Waals surface area contributed by atoms with E-state index < -0.39 is 0 Å². The average molecular weight is 410 g/mol. The van der Waals surface area contributed by atoms with E-state index >= 15 is 0 Å². The number of aliphatic imine (C=N–C) groups is 1. The molecule has 0 saturated carbocycles. The molecule has 0 spiro atoms. The number of hydrogen-bond donors (Lipinski definition) is 2. The number of aryl methyl sites for hydroxylation is 1. The highest BCUT2D eigenvalue weighted by Gasteiger charge is 2.02. The lowest BCUT2D eigenvalue weighted by atomic mass is 10.4. The number of unbranched alkanes of at least 4 members (excludes halogenated alkanes) is 1. The Labute approximate surface area is 144 Å². The van der Waals surface area contributed by atoms with Crippen LogP contribution in [0.2, 0.25) is 0 Å². The van der Waals surface area contributed by atoms with Crippen molar-refractivity contribution in [2.45, 2.75) is 32.7 Å². The number of guanidine groups is 1. The van der Waals surface area contributed by atoms with Crippen molar-refractivity contribution in [3.63, 3.8) is 0 Å². The zero-order valence-electron chi connectivity index (χ0n) is 13.1. The van der Waals surface area contributed by atoms with E-state index in [1.807, 2.05) is 7.05 Å². The largest absolute Gasteiger partial charge is 0.381 e. The van der Waals surface area contributed by atoms with Crippen LogP contribution in [0.5, 0.6) is 0 Å². The number of halogens is 1. The van der Waals surface area contributed by atoms with E-state index in [0.29, 0.717) is 6.54 Å². The number of nitrogens with zero attached hydrogens (tertiary/aromatic N) is 4. The van der Waals surface area contributed by atoms with Gasteiger partial charge in [0.2, 0.25) is 0 Å². The Hall–Kier alpha value is -0.900. The predicted molar refractivity (Wildman–Crippen MR) is 95.0 cm³/mol. The van der Waals surface area contributed by atoms with E-state index in [0.717, 1.165) is 44.4 Å². The van der Waals surface area contributed by atoms with Gasteiger partial charge >= 0.3 is 0 Å². The molecule has 1 rings (SSSR count). The van der Waals surface area contributed by atoms with Gasteiger partial charge in [-0.2, -0.15) is 5.10 Å². The maximum absolute atomic E-state index is 5.50. The van der Waals surface area contributed by atoms with Crippen LogP contribution >= 0.6 is 24.0 Å². The second kappa shape index (κ2) is 12.8. The molecule has 7 nitrogen and oxygen atoms in total. The molecule has 0 saturated heterocycles. The molecule has 0 unspecified atom stereocenters. The number of ether oxygens (including phenoxy) is 1. The lowest BCUT2D eigenvalue weighted by Crippen LogP contribution is -2.38. The lowest BCUT2D eigenvalue weighted by Gasteiger charge is -2.11. The lowest BCUT2D eigenvalue weighted by molar-refractivity contribution is 0.129. The van der Waals surface area contributed by atoms with Crippen molar-refractivity contribution in [3.8, 4) is 0 Å². The van der Waals surface area contributed by atoms with Gasteiger partial charge in [0.15, 0.2) is 5.96 Å². The number of hydrogen-bond acceptors (Lipinski definition) is 4. The number of aromatic nitrogens is 3. The first-order valence-corrected chi connectivity index (χ1v) is 7.13. The van der Waals surface area contributed by atoms with Gasteiger partial charge in [0.1, 0.15) is 12.2 Å². The summed E-state index contributed by atoms with van der Waals surface area (Å²) in [6.07, 6.45) is 4.82. The molecule has 0 aromatic carbocycles. The zero-order valence-corrected chi connectivity index (χ0v) is 15.5. The number of rotatable bonds is 9. The molecular formula is C13H27IN6O. The van der Waals surface area contributed by atoms with E-state index in [-0.39, 0.29) is 24.0 Å². The van der Waals surface area contributed by atoms with Gasteiger partial charge in [-0.3, -0.25) is 9.67 Å². The number of nitrogens with one attached hydrogen (secondary N) is 2. The van der Waals surface area contributed by atoms with E-state index in [1.165, 1.54) is 6.42 Å². The molecule has 122 valence electrons. The highest BCUT2D eigenvalue weighted by Crippen LogP contribution is 1.90. The van der Waals surface area contributed by atoms with Gasteiger partial charge in [-0.05, 0) is 12.8 Å². The van der Waals surface area contributed by atoms with E-state index in [9.17, 15) is 0 Å². The van der Waals surface area contributed by atoms with Crippen LogP contribution in [0.4, 0.5) is 0 Å². The molecule has 1 heterocycles. The third-order valence-corrected chi connectivity index (χ3v) is 2.84. The monoisotopic (exact) mass is 410 g/mol. The summed E-state index contributed by atoms with van der Waals surface area (Å²) in [5, 5.41) is 10.5. The van der Waals surface area contributed by atoms with Gasteiger partial charge in [0, 0.05) is 33.9 Å². The van der Waals surface area contributed by atoms with E-state index in [1.54, 1.807) is 18.1 Å². The topological polar surface area (TPSA) is 76.4 Å². The van der Waals surface area contributed by atoms with Crippen LogP contribution in [0.25, 0.3) is 0 Å². The second-order valence-electron chi connectivity index (χ2n) is 4.47. The molecule has 2 N–H and O–H groups in total. The van der Waals surface area contributed by atoms with Crippen LogP contribution in [0.15, 0.2) is 11.3 Å². The van der Waals surface area contributed by atoms with Gasteiger partial charge < -0.3 is 15.4 Å². The fourth-order valence-corrected chi connectivity index (χ4v) is 1.59. The Kier molecular flexibility index (Phi) is 12.3. The van der Waals surface area contributed by atoms with Gasteiger partial charge in [-0.15, -0.1) is 24.0 Å². The quantitative estimate of drug-likeness (QED) is 0.278. The first-order chi connectivity index (χ1) is 9.77. The fraction of sp³-hybridized carbons (Fsp3) is 0.769. The predicted octanol–water partition coefficient (Wildman–Crippen LogP) is 1.30. The zero-order chi connectivity index (χ0) is 14.6. The first-order valence-electron chi connectivity index (χ1n) is 7.13. The van der Waals surface area contributed by atoms with Crippen molar-refractivity contribution in [1.82, 2.24) is 25.4 Å². The Morgan fingerprint density at radius 3 is 2.71 bits per heavy atom. The Bertz CT molecular complexity index is 396. The molecule has 0 amide bonds. The molecule has 0 aliphatic heterocycles. The van der Waals surface area contributed by atoms with Crippen LogP contribution in [0, 0.1) is 0 Å². The van der Waals surface area contributed by atoms with Crippen LogP contribution in [0.1, 0.15) is 32.0 Å². The van der Waals surface area contributed by atoms with Crippen LogP contribution < -0.4 is 10.6 Å². The maximum Gasteiger partial charge on any atom is 0.191 e. The minimum absolute atomic E-state index is 0. The summed E-state index contributed by atoms with van der Waals surface area (Å²) in [4.78, 5) is 8.31. The molecule has 0 radical (unpaired) electrons. The normalized spacial score (nSPS) is 11.1. The third kappa shape index (κ3) is 8.86. The standard InChI is InChI=1S/C13H26N6O.HI/c1-4-5-8-20-9-6-7-15-13(14-2)16-10-12-17-11-18-19(12)3;/h11H,4-10H2,1-3H3,(H2,14,15,16);1H. The van der Waals surface area contributed by atoms with Crippen molar-refractivity contribution < 1.29 is 4.74 Å². The van der Waals surface area contributed by atoms with Crippen LogP contribution in [-0.2, 0) is 18.3 Å². The van der Waals surface area contributed by atoms with Crippen molar-refractivity contribution >= 4 is 29.9 Å². The molecule has 0 bridgehead atoms. The molecule has 1 aromatic heterocycles. The maximum atomic E-state index is 5.50. The third-order valence-electron chi connectivity index (χ3n) is 2.84. The van der Waals surface area contributed by atoms with Crippen LogP contribution in [-0.4, -0.2) is 47.5 Å². The SMILES string of the molecule is CCCCOCCCNC(=NC)NCc1ncnn1C.I. The Morgan fingerprint density at radius 2 is 2.10 bits per heavy atom. The smallest absolute Gasteiger partial charge is 0.191 e. The Balaban J connectivity index is 0.00000400. The molecule has 8 heteroatoms. The Morgan fingerprint density at radius 1 is 1.33 bits per heavy atom. The minimum atomic E-state index is 0. The highest BCUT2D eigenvalue weighted by atomic mass is 127. The molecule has 0 fully saturated rings. The summed E-state index contributed by atoms with van der Waals surface area (Å²) < 4.78 is 7.24. The average Bonchev–Trinajstić information content (AvgIpc) is 2.86. The minimum Gasteiger partial charge on any atom is -0.381 e. The highest BCUT2D eigenvalue weighted by molar-refractivity contribution is 14.0. The summed E-state index contributed by atoms with van der Waals surface area (Å²) in [5.41, 5.74) is 0. The second-order valence-corrected chi connectivity index (χ2v) is 4.47. The van der Waals surface area contributed by atoms with E-state index in [2.05, 4.69) is 32.6 Å². The van der Waals surface area contributed by atoms with Crippen molar-refractivity contribution in [2.75, 3.05) is 26.8 Å².